The van der Waals surface area contributed by atoms with Crippen LogP contribution in [0.25, 0.3) is 0 Å². The molecule has 0 aromatic heterocycles. The van der Waals surface area contributed by atoms with Crippen molar-refractivity contribution in [2.24, 2.45) is 0 Å². The molecule has 1 aromatic carbocycles. The van der Waals surface area contributed by atoms with E-state index in [1.807, 2.05) is 30.3 Å². The summed E-state index contributed by atoms with van der Waals surface area (Å²) in [6.07, 6.45) is 0.613. The van der Waals surface area contributed by atoms with Gasteiger partial charge in [-0.1, -0.05) is 30.3 Å². The molecule has 1 saturated heterocycles. The predicted octanol–water partition coefficient (Wildman–Crippen LogP) is 0.756. The van der Waals surface area contributed by atoms with Gasteiger partial charge in [-0.15, -0.1) is 11.8 Å². The minimum absolute atomic E-state index is 0.00468. The second-order valence-electron chi connectivity index (χ2n) is 5.05. The Morgan fingerprint density at radius 1 is 1.38 bits per heavy atom. The SMILES string of the molecule is O=C(CSC1CCS(=O)(=O)C1)N[C@@H](CO)c1ccccc1. The highest BCUT2D eigenvalue weighted by Gasteiger charge is 2.28. The van der Waals surface area contributed by atoms with Crippen LogP contribution in [0.1, 0.15) is 18.0 Å². The van der Waals surface area contributed by atoms with E-state index >= 15 is 0 Å². The van der Waals surface area contributed by atoms with Gasteiger partial charge in [-0.3, -0.25) is 4.79 Å². The zero-order valence-corrected chi connectivity index (χ0v) is 13.2. The third-order valence-corrected chi connectivity index (χ3v) is 6.64. The molecule has 0 bridgehead atoms. The number of rotatable bonds is 6. The minimum atomic E-state index is -2.91. The van der Waals surface area contributed by atoms with Gasteiger partial charge in [0.2, 0.25) is 5.91 Å². The van der Waals surface area contributed by atoms with Crippen molar-refractivity contribution in [3.63, 3.8) is 0 Å². The second-order valence-corrected chi connectivity index (χ2v) is 8.57. The molecule has 116 valence electrons. The Balaban J connectivity index is 1.81. The van der Waals surface area contributed by atoms with E-state index in [9.17, 15) is 18.3 Å². The second kappa shape index (κ2) is 7.29. The van der Waals surface area contributed by atoms with Crippen molar-refractivity contribution in [2.75, 3.05) is 23.9 Å². The Morgan fingerprint density at radius 2 is 2.10 bits per heavy atom. The number of benzene rings is 1. The predicted molar refractivity (Wildman–Crippen MR) is 83.9 cm³/mol. The van der Waals surface area contributed by atoms with Gasteiger partial charge in [-0.25, -0.2) is 8.42 Å². The van der Waals surface area contributed by atoms with Gasteiger partial charge < -0.3 is 10.4 Å². The van der Waals surface area contributed by atoms with Crippen LogP contribution in [0.2, 0.25) is 0 Å². The summed E-state index contributed by atoms with van der Waals surface area (Å²) in [5.74, 6) is 0.402. The highest BCUT2D eigenvalue weighted by Crippen LogP contribution is 2.24. The fourth-order valence-electron chi connectivity index (χ4n) is 2.24. The van der Waals surface area contributed by atoms with Crippen molar-refractivity contribution >= 4 is 27.5 Å². The molecule has 1 aliphatic rings. The van der Waals surface area contributed by atoms with Crippen molar-refractivity contribution in [1.82, 2.24) is 5.32 Å². The largest absolute Gasteiger partial charge is 0.394 e. The molecule has 5 nitrogen and oxygen atoms in total. The molecule has 0 aliphatic carbocycles. The molecule has 21 heavy (non-hydrogen) atoms. The molecule has 7 heteroatoms. The summed E-state index contributed by atoms with van der Waals surface area (Å²) in [6, 6.07) is 8.84. The number of hydrogen-bond acceptors (Lipinski definition) is 5. The normalized spacial score (nSPS) is 21.9. The first-order valence-corrected chi connectivity index (χ1v) is 9.64. The molecular formula is C14H19NO4S2. The number of amides is 1. The van der Waals surface area contributed by atoms with Gasteiger partial charge >= 0.3 is 0 Å². The third-order valence-electron chi connectivity index (χ3n) is 3.36. The van der Waals surface area contributed by atoms with Crippen LogP contribution in [0.15, 0.2) is 30.3 Å². The van der Waals surface area contributed by atoms with E-state index in [1.54, 1.807) is 0 Å². The highest BCUT2D eigenvalue weighted by molar-refractivity contribution is 8.02. The van der Waals surface area contributed by atoms with Crippen LogP contribution >= 0.6 is 11.8 Å². The van der Waals surface area contributed by atoms with Crippen LogP contribution in [-0.2, 0) is 14.6 Å². The van der Waals surface area contributed by atoms with Crippen LogP contribution in [0.5, 0.6) is 0 Å². The molecule has 0 saturated carbocycles. The lowest BCUT2D eigenvalue weighted by Crippen LogP contribution is -2.32. The molecule has 1 amide bonds. The van der Waals surface area contributed by atoms with Gasteiger partial charge in [0, 0.05) is 5.25 Å². The van der Waals surface area contributed by atoms with Crippen LogP contribution in [0.4, 0.5) is 0 Å². The number of aliphatic hydroxyl groups is 1. The average Bonchev–Trinajstić information content (AvgIpc) is 2.83. The number of carbonyl (C=O) groups excluding carboxylic acids is 1. The van der Waals surface area contributed by atoms with Crippen LogP contribution in [0, 0.1) is 0 Å². The summed E-state index contributed by atoms with van der Waals surface area (Å²) in [5, 5.41) is 12.1. The van der Waals surface area contributed by atoms with Gasteiger partial charge in [-0.2, -0.15) is 0 Å². The highest BCUT2D eigenvalue weighted by atomic mass is 32.2. The van der Waals surface area contributed by atoms with Crippen molar-refractivity contribution < 1.29 is 18.3 Å². The first kappa shape index (κ1) is 16.3. The molecule has 1 fully saturated rings. The van der Waals surface area contributed by atoms with Crippen LogP contribution in [-0.4, -0.2) is 48.5 Å². The lowest BCUT2D eigenvalue weighted by molar-refractivity contribution is -0.119. The maximum Gasteiger partial charge on any atom is 0.230 e. The standard InChI is InChI=1S/C14H19NO4S2/c16-8-13(11-4-2-1-3-5-11)15-14(17)9-20-12-6-7-21(18,19)10-12/h1-5,12-13,16H,6-10H2,(H,15,17)/t12?,13-/m0/s1. The fraction of sp³-hybridized carbons (Fsp3) is 0.500. The first-order valence-electron chi connectivity index (χ1n) is 6.77. The molecule has 0 spiro atoms. The van der Waals surface area contributed by atoms with Gasteiger partial charge in [0.1, 0.15) is 0 Å². The Bertz CT molecular complexity index is 574. The van der Waals surface area contributed by atoms with E-state index in [0.29, 0.717) is 6.42 Å². The number of carbonyl (C=O) groups is 1. The molecule has 1 unspecified atom stereocenters. The summed E-state index contributed by atoms with van der Waals surface area (Å²) >= 11 is 1.37. The van der Waals surface area contributed by atoms with E-state index in [1.165, 1.54) is 11.8 Å². The number of aliphatic hydroxyl groups excluding tert-OH is 1. The number of sulfone groups is 1. The molecule has 2 N–H and O–H groups in total. The van der Waals surface area contributed by atoms with E-state index < -0.39 is 15.9 Å². The molecule has 1 aromatic rings. The van der Waals surface area contributed by atoms with Crippen LogP contribution in [0.3, 0.4) is 0 Å². The number of hydrogen-bond donors (Lipinski definition) is 2. The fourth-order valence-corrected chi connectivity index (χ4v) is 5.70. The van der Waals surface area contributed by atoms with Gasteiger partial charge in [0.15, 0.2) is 9.84 Å². The summed E-state index contributed by atoms with van der Waals surface area (Å²) in [4.78, 5) is 11.9. The Labute approximate surface area is 129 Å². The topological polar surface area (TPSA) is 83.5 Å². The maximum absolute atomic E-state index is 11.9. The van der Waals surface area contributed by atoms with E-state index in [0.717, 1.165) is 5.56 Å². The monoisotopic (exact) mass is 329 g/mol. The molecule has 1 aliphatic heterocycles. The minimum Gasteiger partial charge on any atom is -0.394 e. The number of thioether (sulfide) groups is 1. The zero-order valence-electron chi connectivity index (χ0n) is 11.6. The summed E-state index contributed by atoms with van der Waals surface area (Å²) in [7, 11) is -2.91. The van der Waals surface area contributed by atoms with E-state index in [2.05, 4.69) is 5.32 Å². The number of nitrogens with one attached hydrogen (secondary N) is 1. The third kappa shape index (κ3) is 5.01. The van der Waals surface area contributed by atoms with E-state index in [4.69, 9.17) is 0 Å². The average molecular weight is 329 g/mol. The van der Waals surface area contributed by atoms with Crippen molar-refractivity contribution in [2.45, 2.75) is 17.7 Å². The molecule has 0 radical (unpaired) electrons. The summed E-state index contributed by atoms with van der Waals surface area (Å²) in [6.45, 7) is -0.168. The summed E-state index contributed by atoms with van der Waals surface area (Å²) < 4.78 is 22.7. The lowest BCUT2D eigenvalue weighted by atomic mass is 10.1. The van der Waals surface area contributed by atoms with Crippen molar-refractivity contribution in [1.29, 1.82) is 0 Å². The van der Waals surface area contributed by atoms with E-state index in [-0.39, 0.29) is 35.0 Å². The van der Waals surface area contributed by atoms with Crippen molar-refractivity contribution in [3.05, 3.63) is 35.9 Å². The zero-order chi connectivity index (χ0) is 15.3. The Kier molecular flexibility index (Phi) is 5.66. The molecule has 1 heterocycles. The first-order chi connectivity index (χ1) is 10.00. The molecule has 2 rings (SSSR count). The van der Waals surface area contributed by atoms with Crippen LogP contribution < -0.4 is 5.32 Å². The van der Waals surface area contributed by atoms with Gasteiger partial charge in [-0.05, 0) is 12.0 Å². The molecule has 2 atom stereocenters. The molecular weight excluding hydrogens is 310 g/mol. The van der Waals surface area contributed by atoms with Gasteiger partial charge in [0.25, 0.3) is 0 Å². The summed E-state index contributed by atoms with van der Waals surface area (Å²) in [5.41, 5.74) is 0.849. The lowest BCUT2D eigenvalue weighted by Gasteiger charge is -2.17. The van der Waals surface area contributed by atoms with Crippen molar-refractivity contribution in [3.8, 4) is 0 Å². The smallest absolute Gasteiger partial charge is 0.230 e. The maximum atomic E-state index is 11.9. The quantitative estimate of drug-likeness (QED) is 0.805. The Hall–Kier alpha value is -1.05. The van der Waals surface area contributed by atoms with Gasteiger partial charge in [0.05, 0.1) is 29.9 Å². The Morgan fingerprint density at radius 3 is 2.67 bits per heavy atom.